The second-order valence-corrected chi connectivity index (χ2v) is 6.53. The number of hydrogen-bond donors (Lipinski definition) is 0. The number of methoxy groups -OCH3 is 1. The predicted molar refractivity (Wildman–Crippen MR) is 93.4 cm³/mol. The van der Waals surface area contributed by atoms with Crippen LogP contribution >= 0.6 is 15.9 Å². The van der Waals surface area contributed by atoms with E-state index in [0.29, 0.717) is 17.5 Å². The highest BCUT2D eigenvalue weighted by molar-refractivity contribution is 9.09. The van der Waals surface area contributed by atoms with Crippen LogP contribution in [0.25, 0.3) is 10.9 Å². The average molecular weight is 397 g/mol. The van der Waals surface area contributed by atoms with Crippen molar-refractivity contribution < 1.29 is 19.0 Å². The molecule has 1 aromatic heterocycles. The third kappa shape index (κ3) is 3.72. The van der Waals surface area contributed by atoms with Crippen LogP contribution in [0.3, 0.4) is 0 Å². The third-order valence-corrected chi connectivity index (χ3v) is 4.57. The molecule has 0 spiro atoms. The van der Waals surface area contributed by atoms with Crippen molar-refractivity contribution in [3.63, 3.8) is 0 Å². The molecule has 2 heterocycles. The van der Waals surface area contributed by atoms with Crippen LogP contribution in [0.5, 0.6) is 5.75 Å². The lowest BCUT2D eigenvalue weighted by Gasteiger charge is -2.23. The molecule has 1 saturated heterocycles. The van der Waals surface area contributed by atoms with Crippen LogP contribution in [-0.2, 0) is 14.3 Å². The van der Waals surface area contributed by atoms with E-state index in [0.717, 1.165) is 36.8 Å². The summed E-state index contributed by atoms with van der Waals surface area (Å²) in [6.45, 7) is 0.778. The first-order valence-electron chi connectivity index (χ1n) is 8.12. The first kappa shape index (κ1) is 17.2. The van der Waals surface area contributed by atoms with Gasteiger partial charge >= 0.3 is 5.97 Å². The fraction of sp³-hybridized carbons (Fsp3) is 0.529. The van der Waals surface area contributed by atoms with Crippen LogP contribution in [-0.4, -0.2) is 40.9 Å². The van der Waals surface area contributed by atoms with E-state index >= 15 is 0 Å². The van der Waals surface area contributed by atoms with E-state index in [1.807, 2.05) is 22.9 Å². The number of carbonyl (C=O) groups excluding carboxylic acids is 1. The van der Waals surface area contributed by atoms with Crippen molar-refractivity contribution in [3.05, 3.63) is 24.4 Å². The highest BCUT2D eigenvalue weighted by Gasteiger charge is 2.22. The number of halogens is 1. The molecule has 2 atom stereocenters. The van der Waals surface area contributed by atoms with Crippen molar-refractivity contribution in [2.75, 3.05) is 19.0 Å². The quantitative estimate of drug-likeness (QED) is 0.552. The van der Waals surface area contributed by atoms with E-state index in [1.165, 1.54) is 7.11 Å². The molecule has 6 nitrogen and oxygen atoms in total. The van der Waals surface area contributed by atoms with Gasteiger partial charge in [0.05, 0.1) is 18.8 Å². The lowest BCUT2D eigenvalue weighted by atomic mass is 10.2. The maximum absolute atomic E-state index is 11.8. The molecular formula is C17H21BrN2O4. The topological polar surface area (TPSA) is 62.6 Å². The maximum atomic E-state index is 11.8. The molecule has 1 aliphatic rings. The van der Waals surface area contributed by atoms with Crippen molar-refractivity contribution in [1.82, 2.24) is 9.78 Å². The van der Waals surface area contributed by atoms with Gasteiger partial charge in [0.2, 0.25) is 0 Å². The summed E-state index contributed by atoms with van der Waals surface area (Å²) in [5, 5.41) is 6.08. The molecule has 2 aromatic rings. The molecule has 24 heavy (non-hydrogen) atoms. The normalized spacial score (nSPS) is 19.2. The Morgan fingerprint density at radius 1 is 1.50 bits per heavy atom. The number of hydrogen-bond acceptors (Lipinski definition) is 5. The van der Waals surface area contributed by atoms with Crippen molar-refractivity contribution in [2.24, 2.45) is 0 Å². The van der Waals surface area contributed by atoms with Gasteiger partial charge < -0.3 is 14.2 Å². The molecule has 1 fully saturated rings. The van der Waals surface area contributed by atoms with Gasteiger partial charge in [-0.05, 0) is 37.5 Å². The number of benzene rings is 1. The van der Waals surface area contributed by atoms with Crippen molar-refractivity contribution in [1.29, 1.82) is 0 Å². The molecule has 1 aliphatic heterocycles. The largest absolute Gasteiger partial charge is 0.479 e. The molecule has 7 heteroatoms. The zero-order chi connectivity index (χ0) is 16.9. The maximum Gasteiger partial charge on any atom is 0.347 e. The van der Waals surface area contributed by atoms with Gasteiger partial charge in [-0.25, -0.2) is 9.48 Å². The number of fused-ring (bicyclic) bond motifs is 1. The van der Waals surface area contributed by atoms with Gasteiger partial charge in [-0.3, -0.25) is 0 Å². The summed E-state index contributed by atoms with van der Waals surface area (Å²) in [7, 11) is 1.37. The van der Waals surface area contributed by atoms with E-state index in [-0.39, 0.29) is 12.2 Å². The Labute approximate surface area is 149 Å². The van der Waals surface area contributed by atoms with Gasteiger partial charge in [-0.15, -0.1) is 0 Å². The fourth-order valence-electron chi connectivity index (χ4n) is 2.87. The van der Waals surface area contributed by atoms with Gasteiger partial charge in [0.1, 0.15) is 5.75 Å². The van der Waals surface area contributed by atoms with E-state index in [1.54, 1.807) is 6.20 Å². The Morgan fingerprint density at radius 3 is 3.08 bits per heavy atom. The monoisotopic (exact) mass is 396 g/mol. The lowest BCUT2D eigenvalue weighted by Crippen LogP contribution is -2.29. The highest BCUT2D eigenvalue weighted by atomic mass is 79.9. The second-order valence-electron chi connectivity index (χ2n) is 5.74. The third-order valence-electron chi connectivity index (χ3n) is 4.11. The van der Waals surface area contributed by atoms with E-state index < -0.39 is 6.10 Å². The number of esters is 1. The Balaban J connectivity index is 1.80. The van der Waals surface area contributed by atoms with Crippen LogP contribution in [0.2, 0.25) is 0 Å². The molecule has 130 valence electrons. The van der Waals surface area contributed by atoms with E-state index in [2.05, 4.69) is 21.0 Å². The van der Waals surface area contributed by atoms with Gasteiger partial charge in [-0.2, -0.15) is 5.10 Å². The van der Waals surface area contributed by atoms with Crippen molar-refractivity contribution in [2.45, 2.75) is 38.0 Å². The minimum absolute atomic E-state index is 0.000710. The molecule has 0 radical (unpaired) electrons. The van der Waals surface area contributed by atoms with Gasteiger partial charge in [-0.1, -0.05) is 15.9 Å². The molecular weight excluding hydrogens is 376 g/mol. The Bertz CT molecular complexity index is 697. The Hall–Kier alpha value is -1.60. The van der Waals surface area contributed by atoms with E-state index in [4.69, 9.17) is 14.2 Å². The summed E-state index contributed by atoms with van der Waals surface area (Å²) >= 11 is 3.33. The molecule has 1 aromatic carbocycles. The SMILES string of the molecule is COC(=O)C(CCBr)Oc1ccc2c(cnn2C2CCCCO2)c1. The number of aromatic nitrogens is 2. The smallest absolute Gasteiger partial charge is 0.347 e. The second kappa shape index (κ2) is 7.98. The number of alkyl halides is 1. The number of rotatable bonds is 6. The molecule has 0 saturated carbocycles. The van der Waals surface area contributed by atoms with Crippen molar-refractivity contribution in [3.8, 4) is 5.75 Å². The van der Waals surface area contributed by atoms with Gasteiger partial charge in [0.25, 0.3) is 0 Å². The fourth-order valence-corrected chi connectivity index (χ4v) is 3.29. The zero-order valence-corrected chi connectivity index (χ0v) is 15.2. The zero-order valence-electron chi connectivity index (χ0n) is 13.6. The Morgan fingerprint density at radius 2 is 2.38 bits per heavy atom. The van der Waals surface area contributed by atoms with Crippen LogP contribution < -0.4 is 4.74 Å². The molecule has 2 unspecified atom stereocenters. The molecule has 3 rings (SSSR count). The standard InChI is InChI=1S/C17H21BrN2O4/c1-22-17(21)15(7-8-18)24-13-5-6-14-12(10-13)11-19-20(14)16-4-2-3-9-23-16/h5-6,10-11,15-16H,2-4,7-9H2,1H3. The van der Waals surface area contributed by atoms with Crippen LogP contribution in [0.4, 0.5) is 0 Å². The van der Waals surface area contributed by atoms with E-state index in [9.17, 15) is 4.79 Å². The minimum Gasteiger partial charge on any atom is -0.479 e. The van der Waals surface area contributed by atoms with Crippen LogP contribution in [0.15, 0.2) is 24.4 Å². The summed E-state index contributed by atoms with van der Waals surface area (Å²) in [5.41, 5.74) is 1.00. The van der Waals surface area contributed by atoms with Gasteiger partial charge in [0.15, 0.2) is 12.3 Å². The lowest BCUT2D eigenvalue weighted by molar-refractivity contribution is -0.148. The molecule has 0 amide bonds. The summed E-state index contributed by atoms with van der Waals surface area (Å²) in [5.74, 6) is 0.254. The molecule has 0 bridgehead atoms. The number of carbonyl (C=O) groups is 1. The molecule has 0 aliphatic carbocycles. The van der Waals surface area contributed by atoms with Crippen molar-refractivity contribution >= 4 is 32.8 Å². The number of nitrogens with zero attached hydrogens (tertiary/aromatic N) is 2. The van der Waals surface area contributed by atoms with Crippen LogP contribution in [0.1, 0.15) is 31.9 Å². The summed E-state index contributed by atoms with van der Waals surface area (Å²) < 4.78 is 18.3. The number of ether oxygens (including phenoxy) is 3. The van der Waals surface area contributed by atoms with Crippen LogP contribution in [0, 0.1) is 0 Å². The first-order valence-corrected chi connectivity index (χ1v) is 9.24. The van der Waals surface area contributed by atoms with Gasteiger partial charge in [0, 0.05) is 23.7 Å². The summed E-state index contributed by atoms with van der Waals surface area (Å²) in [6, 6.07) is 5.71. The highest BCUT2D eigenvalue weighted by Crippen LogP contribution is 2.28. The molecule has 0 N–H and O–H groups in total. The minimum atomic E-state index is -0.622. The summed E-state index contributed by atoms with van der Waals surface area (Å²) in [6.07, 6.45) is 4.96. The summed E-state index contributed by atoms with van der Waals surface area (Å²) in [4.78, 5) is 11.8. The predicted octanol–water partition coefficient (Wildman–Crippen LogP) is 3.44. The Kier molecular flexibility index (Phi) is 5.73. The first-order chi connectivity index (χ1) is 11.7. The average Bonchev–Trinajstić information content (AvgIpc) is 3.04.